The van der Waals surface area contributed by atoms with Crippen LogP contribution in [0.3, 0.4) is 0 Å². The quantitative estimate of drug-likeness (QED) is 0.693. The first-order chi connectivity index (χ1) is 7.93. The van der Waals surface area contributed by atoms with Crippen molar-refractivity contribution in [1.82, 2.24) is 5.32 Å². The molecular weight excluding hydrogens is 235 g/mol. The molecule has 1 saturated carbocycles. The van der Waals surface area contributed by atoms with Gasteiger partial charge in [-0.05, 0) is 31.7 Å². The van der Waals surface area contributed by atoms with E-state index in [4.69, 9.17) is 4.74 Å². The Morgan fingerprint density at radius 3 is 2.35 bits per heavy atom. The van der Waals surface area contributed by atoms with E-state index >= 15 is 0 Å². The second kappa shape index (κ2) is 6.02. The smallest absolute Gasteiger partial charge is 0.394 e. The van der Waals surface area contributed by atoms with Crippen molar-refractivity contribution in [1.29, 1.82) is 0 Å². The van der Waals surface area contributed by atoms with E-state index in [9.17, 15) is 18.3 Å². The van der Waals surface area contributed by atoms with E-state index in [2.05, 4.69) is 5.32 Å². The first kappa shape index (κ1) is 14.7. The Hall–Kier alpha value is -0.330. The van der Waals surface area contributed by atoms with E-state index in [-0.39, 0.29) is 19.1 Å². The lowest BCUT2D eigenvalue weighted by Crippen LogP contribution is -2.55. The summed E-state index contributed by atoms with van der Waals surface area (Å²) in [5.74, 6) is 0.229. The zero-order valence-corrected chi connectivity index (χ0v) is 10.0. The van der Waals surface area contributed by atoms with Gasteiger partial charge < -0.3 is 15.2 Å². The Morgan fingerprint density at radius 2 is 1.94 bits per heavy atom. The third-order valence-electron chi connectivity index (χ3n) is 2.99. The van der Waals surface area contributed by atoms with Crippen molar-refractivity contribution in [2.45, 2.75) is 37.9 Å². The molecule has 0 spiro atoms. The Bertz CT molecular complexity index is 231. The van der Waals surface area contributed by atoms with Crippen molar-refractivity contribution in [3.63, 3.8) is 0 Å². The van der Waals surface area contributed by atoms with Gasteiger partial charge in [-0.25, -0.2) is 0 Å². The van der Waals surface area contributed by atoms with E-state index in [1.165, 1.54) is 0 Å². The van der Waals surface area contributed by atoms with Crippen LogP contribution in [-0.2, 0) is 4.74 Å². The van der Waals surface area contributed by atoms with Gasteiger partial charge in [0.05, 0.1) is 18.8 Å². The molecule has 0 amide bonds. The molecule has 2 N–H and O–H groups in total. The molecule has 0 aromatic rings. The SMILES string of the molecule is CCCNC(CO)(COCC(F)(F)F)C1CC1. The number of halogens is 3. The second-order valence-electron chi connectivity index (χ2n) is 4.62. The fraction of sp³-hybridized carbons (Fsp3) is 1.00. The molecule has 0 heterocycles. The minimum Gasteiger partial charge on any atom is -0.394 e. The van der Waals surface area contributed by atoms with Gasteiger partial charge in [-0.3, -0.25) is 0 Å². The molecule has 17 heavy (non-hydrogen) atoms. The molecule has 1 rings (SSSR count). The van der Waals surface area contributed by atoms with Crippen molar-refractivity contribution < 1.29 is 23.0 Å². The van der Waals surface area contributed by atoms with Crippen LogP contribution >= 0.6 is 0 Å². The van der Waals surface area contributed by atoms with Crippen LogP contribution in [0.5, 0.6) is 0 Å². The van der Waals surface area contributed by atoms with Crippen molar-refractivity contribution >= 4 is 0 Å². The molecule has 0 bridgehead atoms. The van der Waals surface area contributed by atoms with Gasteiger partial charge in [0, 0.05) is 0 Å². The van der Waals surface area contributed by atoms with Gasteiger partial charge in [-0.1, -0.05) is 6.92 Å². The zero-order valence-electron chi connectivity index (χ0n) is 10.0. The molecule has 1 aliphatic carbocycles. The van der Waals surface area contributed by atoms with Crippen LogP contribution in [-0.4, -0.2) is 43.2 Å². The Labute approximate surface area is 99.3 Å². The van der Waals surface area contributed by atoms with Gasteiger partial charge >= 0.3 is 6.18 Å². The van der Waals surface area contributed by atoms with E-state index < -0.39 is 18.3 Å². The van der Waals surface area contributed by atoms with Crippen molar-refractivity contribution in [3.05, 3.63) is 0 Å². The maximum Gasteiger partial charge on any atom is 0.411 e. The Kier molecular flexibility index (Phi) is 5.22. The van der Waals surface area contributed by atoms with Gasteiger partial charge in [-0.2, -0.15) is 13.2 Å². The highest BCUT2D eigenvalue weighted by Gasteiger charge is 2.45. The first-order valence-corrected chi connectivity index (χ1v) is 5.94. The standard InChI is InChI=1S/C11H20F3NO2/c1-2-5-15-10(6-16,9-3-4-9)7-17-8-11(12,13)14/h9,15-16H,2-8H2,1H3. The topological polar surface area (TPSA) is 41.5 Å². The molecule has 0 saturated heterocycles. The predicted octanol–water partition coefficient (Wildman–Crippen LogP) is 1.71. The van der Waals surface area contributed by atoms with E-state index in [1.54, 1.807) is 0 Å². The summed E-state index contributed by atoms with van der Waals surface area (Å²) in [6.07, 6.45) is -1.57. The third-order valence-corrected chi connectivity index (χ3v) is 2.99. The molecule has 6 heteroatoms. The Morgan fingerprint density at radius 1 is 1.29 bits per heavy atom. The average Bonchev–Trinajstić information content (AvgIpc) is 3.06. The molecule has 1 unspecified atom stereocenters. The molecular formula is C11H20F3NO2. The molecule has 0 radical (unpaired) electrons. The maximum absolute atomic E-state index is 12.0. The normalized spacial score (nSPS) is 20.3. The van der Waals surface area contributed by atoms with Crippen LogP contribution < -0.4 is 5.32 Å². The van der Waals surface area contributed by atoms with Crippen LogP contribution in [0.2, 0.25) is 0 Å². The molecule has 0 aromatic carbocycles. The van der Waals surface area contributed by atoms with Gasteiger partial charge in [-0.15, -0.1) is 0 Å². The number of alkyl halides is 3. The molecule has 1 aliphatic rings. The molecule has 3 nitrogen and oxygen atoms in total. The highest BCUT2D eigenvalue weighted by atomic mass is 19.4. The first-order valence-electron chi connectivity index (χ1n) is 5.94. The van der Waals surface area contributed by atoms with Crippen molar-refractivity contribution in [2.75, 3.05) is 26.4 Å². The lowest BCUT2D eigenvalue weighted by Gasteiger charge is -2.33. The van der Waals surface area contributed by atoms with Crippen molar-refractivity contribution in [2.24, 2.45) is 5.92 Å². The summed E-state index contributed by atoms with van der Waals surface area (Å²) < 4.78 is 40.7. The van der Waals surface area contributed by atoms with E-state index in [1.807, 2.05) is 6.92 Å². The fourth-order valence-corrected chi connectivity index (χ4v) is 1.90. The molecule has 0 aliphatic heterocycles. The summed E-state index contributed by atoms with van der Waals surface area (Å²) in [7, 11) is 0. The summed E-state index contributed by atoms with van der Waals surface area (Å²) in [5.41, 5.74) is -0.693. The number of aliphatic hydroxyl groups excluding tert-OH is 1. The van der Waals surface area contributed by atoms with Crippen molar-refractivity contribution in [3.8, 4) is 0 Å². The number of rotatable bonds is 8. The average molecular weight is 255 g/mol. The zero-order chi connectivity index (χ0) is 12.9. The molecule has 0 aromatic heterocycles. The van der Waals surface area contributed by atoms with Crippen LogP contribution in [0.25, 0.3) is 0 Å². The lowest BCUT2D eigenvalue weighted by molar-refractivity contribution is -0.180. The number of aliphatic hydroxyl groups is 1. The monoisotopic (exact) mass is 255 g/mol. The van der Waals surface area contributed by atoms with Crippen LogP contribution in [0.4, 0.5) is 13.2 Å². The summed E-state index contributed by atoms with van der Waals surface area (Å²) in [5, 5.41) is 12.6. The van der Waals surface area contributed by atoms with Gasteiger partial charge in [0.15, 0.2) is 0 Å². The van der Waals surface area contributed by atoms with E-state index in [0.717, 1.165) is 19.3 Å². The molecule has 1 fully saturated rings. The minimum absolute atomic E-state index is 0.0896. The second-order valence-corrected chi connectivity index (χ2v) is 4.62. The lowest BCUT2D eigenvalue weighted by atomic mass is 9.95. The minimum atomic E-state index is -4.31. The highest BCUT2D eigenvalue weighted by molar-refractivity contribution is 5.01. The van der Waals surface area contributed by atoms with Gasteiger partial charge in [0.25, 0.3) is 0 Å². The number of ether oxygens (including phenoxy) is 1. The predicted molar refractivity (Wildman–Crippen MR) is 57.7 cm³/mol. The van der Waals surface area contributed by atoms with Crippen LogP contribution in [0.15, 0.2) is 0 Å². The van der Waals surface area contributed by atoms with E-state index in [0.29, 0.717) is 6.54 Å². The maximum atomic E-state index is 12.0. The Balaban J connectivity index is 2.45. The third kappa shape index (κ3) is 4.81. The summed E-state index contributed by atoms with van der Waals surface area (Å²) in [6, 6.07) is 0. The fourth-order valence-electron chi connectivity index (χ4n) is 1.90. The molecule has 102 valence electrons. The number of hydrogen-bond donors (Lipinski definition) is 2. The summed E-state index contributed by atoms with van der Waals surface area (Å²) in [4.78, 5) is 0. The molecule has 1 atom stereocenters. The summed E-state index contributed by atoms with van der Waals surface area (Å²) in [6.45, 7) is 1.11. The largest absolute Gasteiger partial charge is 0.411 e. The van der Waals surface area contributed by atoms with Gasteiger partial charge in [0.1, 0.15) is 6.61 Å². The highest BCUT2D eigenvalue weighted by Crippen LogP contribution is 2.40. The number of hydrogen-bond acceptors (Lipinski definition) is 3. The van der Waals surface area contributed by atoms with Crippen LogP contribution in [0.1, 0.15) is 26.2 Å². The van der Waals surface area contributed by atoms with Crippen LogP contribution in [0, 0.1) is 5.92 Å². The summed E-state index contributed by atoms with van der Waals surface area (Å²) >= 11 is 0. The number of nitrogens with one attached hydrogen (secondary N) is 1. The van der Waals surface area contributed by atoms with Gasteiger partial charge in [0.2, 0.25) is 0 Å².